The number of hydrogen-bond donors (Lipinski definition) is 3. The third kappa shape index (κ3) is 5.22. The zero-order chi connectivity index (χ0) is 24.2. The lowest BCUT2D eigenvalue weighted by Crippen LogP contribution is -2.12. The van der Waals surface area contributed by atoms with Crippen molar-refractivity contribution in [1.29, 1.82) is 0 Å². The normalized spacial score (nSPS) is 10.7. The van der Waals surface area contributed by atoms with Crippen LogP contribution in [-0.2, 0) is 0 Å². The van der Waals surface area contributed by atoms with Gasteiger partial charge in [0.25, 0.3) is 5.91 Å². The van der Waals surface area contributed by atoms with Gasteiger partial charge in [-0.25, -0.2) is 8.78 Å². The van der Waals surface area contributed by atoms with Crippen LogP contribution in [0.5, 0.6) is 0 Å². The van der Waals surface area contributed by atoms with Crippen molar-refractivity contribution >= 4 is 45.2 Å². The van der Waals surface area contributed by atoms with E-state index in [1.807, 2.05) is 0 Å². The van der Waals surface area contributed by atoms with E-state index in [0.29, 0.717) is 39.2 Å². The molecule has 0 saturated heterocycles. The maximum absolute atomic E-state index is 14.1. The summed E-state index contributed by atoms with van der Waals surface area (Å²) < 4.78 is 27.8. The van der Waals surface area contributed by atoms with Gasteiger partial charge in [0.2, 0.25) is 0 Å². The standard InChI is InChI=1S/C27H19F2N5O/c28-18-3-6-25-24(15-18)26(9-12-31-25)33-20-4-1-17(2-5-20)27(35)34-23-14-19(29)13-22(16-23)32-21-7-10-30-11-8-21/h1-16H,(H,30,32)(H,31,33)(H,34,35). The topological polar surface area (TPSA) is 78.9 Å². The van der Waals surface area contributed by atoms with Gasteiger partial charge >= 0.3 is 0 Å². The van der Waals surface area contributed by atoms with E-state index in [2.05, 4.69) is 25.9 Å². The van der Waals surface area contributed by atoms with E-state index < -0.39 is 5.82 Å². The fraction of sp³-hybridized carbons (Fsp3) is 0. The molecular formula is C27H19F2N5O. The lowest BCUT2D eigenvalue weighted by atomic mass is 10.1. The van der Waals surface area contributed by atoms with E-state index in [-0.39, 0.29) is 11.7 Å². The first-order valence-electron chi connectivity index (χ1n) is 10.7. The molecule has 5 rings (SSSR count). The molecule has 6 nitrogen and oxygen atoms in total. The van der Waals surface area contributed by atoms with Gasteiger partial charge in [0.1, 0.15) is 11.6 Å². The van der Waals surface area contributed by atoms with Crippen molar-refractivity contribution in [2.75, 3.05) is 16.0 Å². The molecule has 0 aliphatic heterocycles. The molecule has 0 radical (unpaired) electrons. The van der Waals surface area contributed by atoms with E-state index >= 15 is 0 Å². The van der Waals surface area contributed by atoms with Crippen molar-refractivity contribution in [3.63, 3.8) is 0 Å². The van der Waals surface area contributed by atoms with Gasteiger partial charge in [0, 0.05) is 58.0 Å². The Hall–Kier alpha value is -4.85. The number of anilines is 5. The van der Waals surface area contributed by atoms with Crippen LogP contribution in [0.15, 0.2) is 97.5 Å². The number of benzene rings is 3. The second-order valence-electron chi connectivity index (χ2n) is 7.77. The summed E-state index contributed by atoms with van der Waals surface area (Å²) in [5.74, 6) is -1.22. The van der Waals surface area contributed by atoms with Gasteiger partial charge in [-0.1, -0.05) is 0 Å². The van der Waals surface area contributed by atoms with Gasteiger partial charge in [0.15, 0.2) is 0 Å². The number of carbonyl (C=O) groups is 1. The van der Waals surface area contributed by atoms with Crippen molar-refractivity contribution in [1.82, 2.24) is 9.97 Å². The highest BCUT2D eigenvalue weighted by Crippen LogP contribution is 2.26. The van der Waals surface area contributed by atoms with Crippen LogP contribution in [-0.4, -0.2) is 15.9 Å². The molecule has 172 valence electrons. The van der Waals surface area contributed by atoms with Crippen LogP contribution < -0.4 is 16.0 Å². The number of pyridine rings is 2. The fourth-order valence-electron chi connectivity index (χ4n) is 3.63. The first-order chi connectivity index (χ1) is 17.0. The molecule has 0 unspecified atom stereocenters. The predicted octanol–water partition coefficient (Wildman–Crippen LogP) is 6.65. The Labute approximate surface area is 199 Å². The minimum absolute atomic E-state index is 0.319. The van der Waals surface area contributed by atoms with E-state index in [0.717, 1.165) is 5.69 Å². The Morgan fingerprint density at radius 3 is 2.20 bits per heavy atom. The molecule has 3 aromatic carbocycles. The van der Waals surface area contributed by atoms with Gasteiger partial charge < -0.3 is 16.0 Å². The maximum atomic E-state index is 14.1. The first-order valence-corrected chi connectivity index (χ1v) is 10.7. The second-order valence-corrected chi connectivity index (χ2v) is 7.77. The van der Waals surface area contributed by atoms with E-state index in [1.165, 1.54) is 24.3 Å². The third-order valence-corrected chi connectivity index (χ3v) is 5.25. The van der Waals surface area contributed by atoms with Crippen molar-refractivity contribution < 1.29 is 13.6 Å². The summed E-state index contributed by atoms with van der Waals surface area (Å²) in [4.78, 5) is 20.9. The Bertz CT molecular complexity index is 1510. The molecule has 0 aliphatic rings. The number of fused-ring (bicyclic) bond motifs is 1. The summed E-state index contributed by atoms with van der Waals surface area (Å²) in [6, 6.07) is 20.7. The molecule has 35 heavy (non-hydrogen) atoms. The van der Waals surface area contributed by atoms with Gasteiger partial charge in [-0.05, 0) is 78.9 Å². The van der Waals surface area contributed by atoms with E-state index in [9.17, 15) is 13.6 Å². The van der Waals surface area contributed by atoms with Gasteiger partial charge in [-0.2, -0.15) is 0 Å². The Balaban J connectivity index is 1.30. The molecule has 2 heterocycles. The summed E-state index contributed by atoms with van der Waals surface area (Å²) >= 11 is 0. The summed E-state index contributed by atoms with van der Waals surface area (Å²) in [6.45, 7) is 0. The molecule has 0 aliphatic carbocycles. The number of aromatic nitrogens is 2. The quantitative estimate of drug-likeness (QED) is 0.261. The highest BCUT2D eigenvalue weighted by atomic mass is 19.1. The first kappa shape index (κ1) is 22.0. The number of rotatable bonds is 6. The van der Waals surface area contributed by atoms with Crippen LogP contribution in [0.1, 0.15) is 10.4 Å². The van der Waals surface area contributed by atoms with Crippen molar-refractivity contribution in [3.8, 4) is 0 Å². The predicted molar refractivity (Wildman–Crippen MR) is 133 cm³/mol. The molecule has 0 fully saturated rings. The Morgan fingerprint density at radius 2 is 1.40 bits per heavy atom. The third-order valence-electron chi connectivity index (χ3n) is 5.25. The highest BCUT2D eigenvalue weighted by Gasteiger charge is 2.10. The maximum Gasteiger partial charge on any atom is 0.255 e. The van der Waals surface area contributed by atoms with Crippen molar-refractivity contribution in [2.45, 2.75) is 0 Å². The molecule has 5 aromatic rings. The molecule has 3 N–H and O–H groups in total. The second kappa shape index (κ2) is 9.56. The van der Waals surface area contributed by atoms with Crippen LogP contribution in [0.4, 0.5) is 37.2 Å². The number of halogens is 2. The SMILES string of the molecule is O=C(Nc1cc(F)cc(Nc2ccncc2)c1)c1ccc(Nc2ccnc3ccc(F)cc23)cc1. The van der Waals surface area contributed by atoms with Crippen molar-refractivity contribution in [3.05, 3.63) is 115 Å². The van der Waals surface area contributed by atoms with Crippen LogP contribution in [0.25, 0.3) is 10.9 Å². The number of amides is 1. The number of hydrogen-bond acceptors (Lipinski definition) is 5. The van der Waals surface area contributed by atoms with Crippen LogP contribution in [0.3, 0.4) is 0 Å². The van der Waals surface area contributed by atoms with Gasteiger partial charge in [0.05, 0.1) is 5.52 Å². The average Bonchev–Trinajstić information content (AvgIpc) is 2.85. The zero-order valence-corrected chi connectivity index (χ0v) is 18.3. The monoisotopic (exact) mass is 467 g/mol. The lowest BCUT2D eigenvalue weighted by Gasteiger charge is -2.12. The fourth-order valence-corrected chi connectivity index (χ4v) is 3.63. The molecule has 1 amide bonds. The van der Waals surface area contributed by atoms with Crippen LogP contribution in [0.2, 0.25) is 0 Å². The highest BCUT2D eigenvalue weighted by molar-refractivity contribution is 6.04. The smallest absolute Gasteiger partial charge is 0.255 e. The average molecular weight is 467 g/mol. The molecule has 0 atom stereocenters. The largest absolute Gasteiger partial charge is 0.355 e. The molecule has 0 bridgehead atoms. The molecule has 2 aromatic heterocycles. The summed E-state index contributed by atoms with van der Waals surface area (Å²) in [6.07, 6.45) is 4.89. The van der Waals surface area contributed by atoms with Crippen molar-refractivity contribution in [2.24, 2.45) is 0 Å². The lowest BCUT2D eigenvalue weighted by molar-refractivity contribution is 0.102. The van der Waals surface area contributed by atoms with E-state index in [1.54, 1.807) is 73.2 Å². The number of carbonyl (C=O) groups excluding carboxylic acids is 1. The zero-order valence-electron chi connectivity index (χ0n) is 18.3. The summed E-state index contributed by atoms with van der Waals surface area (Å²) in [5, 5.41) is 9.68. The Morgan fingerprint density at radius 1 is 0.657 bits per heavy atom. The van der Waals surface area contributed by atoms with Gasteiger partial charge in [-0.15, -0.1) is 0 Å². The number of nitrogens with one attached hydrogen (secondary N) is 3. The molecular weight excluding hydrogens is 448 g/mol. The van der Waals surface area contributed by atoms with Gasteiger partial charge in [-0.3, -0.25) is 14.8 Å². The van der Waals surface area contributed by atoms with Crippen LogP contribution >= 0.6 is 0 Å². The minimum Gasteiger partial charge on any atom is -0.355 e. The summed E-state index contributed by atoms with van der Waals surface area (Å²) in [7, 11) is 0. The summed E-state index contributed by atoms with van der Waals surface area (Å²) in [5.41, 5.74) is 4.03. The minimum atomic E-state index is -0.486. The molecule has 0 spiro atoms. The van der Waals surface area contributed by atoms with Crippen LogP contribution in [0, 0.1) is 11.6 Å². The van der Waals surface area contributed by atoms with E-state index in [4.69, 9.17) is 0 Å². The molecule has 0 saturated carbocycles. The number of nitrogens with zero attached hydrogens (tertiary/aromatic N) is 2. The molecule has 8 heteroatoms. The Kier molecular flexibility index (Phi) is 6.00.